The maximum atomic E-state index is 12.9. The summed E-state index contributed by atoms with van der Waals surface area (Å²) >= 11 is 3.26. The van der Waals surface area contributed by atoms with Gasteiger partial charge in [-0.1, -0.05) is 37.3 Å². The number of anilines is 2. The van der Waals surface area contributed by atoms with Gasteiger partial charge in [-0.3, -0.25) is 14.4 Å². The Morgan fingerprint density at radius 1 is 0.972 bits per heavy atom. The highest BCUT2D eigenvalue weighted by atomic mass is 79.9. The average Bonchev–Trinajstić information content (AvgIpc) is 2.85. The van der Waals surface area contributed by atoms with E-state index < -0.39 is 27.9 Å². The van der Waals surface area contributed by atoms with Crippen LogP contribution in [-0.2, 0) is 24.4 Å². The maximum absolute atomic E-state index is 12.9. The van der Waals surface area contributed by atoms with E-state index in [1.165, 1.54) is 12.3 Å². The number of benzene rings is 2. The Bertz CT molecular complexity index is 1360. The van der Waals surface area contributed by atoms with Crippen LogP contribution in [0.4, 0.5) is 11.5 Å². The molecule has 12 heteroatoms. The number of nitrogens with zero attached hydrogens (tertiary/aromatic N) is 1. The fourth-order valence-electron chi connectivity index (χ4n) is 3.25. The number of sulfonamides is 1. The van der Waals surface area contributed by atoms with Crippen LogP contribution in [0, 0.1) is 0 Å². The highest BCUT2D eigenvalue weighted by molar-refractivity contribution is 9.10. The lowest BCUT2D eigenvalue weighted by Crippen LogP contribution is -2.45. The van der Waals surface area contributed by atoms with Gasteiger partial charge in [-0.05, 0) is 51.8 Å². The third kappa shape index (κ3) is 7.44. The lowest BCUT2D eigenvalue weighted by Gasteiger charge is -2.18. The second kappa shape index (κ2) is 11.9. The molecule has 0 fully saturated rings. The molecule has 1 atom stereocenters. The van der Waals surface area contributed by atoms with Crippen LogP contribution < -0.4 is 21.1 Å². The number of amides is 3. The molecule has 1 unspecified atom stereocenters. The zero-order valence-corrected chi connectivity index (χ0v) is 21.6. The summed E-state index contributed by atoms with van der Waals surface area (Å²) in [6.45, 7) is 1.63. The van der Waals surface area contributed by atoms with Crippen LogP contribution in [0.5, 0.6) is 0 Å². The van der Waals surface area contributed by atoms with Gasteiger partial charge in [0, 0.05) is 28.3 Å². The van der Waals surface area contributed by atoms with Gasteiger partial charge < -0.3 is 16.0 Å². The number of nitrogens with one attached hydrogen (secondary N) is 3. The van der Waals surface area contributed by atoms with Crippen LogP contribution in [0.1, 0.15) is 19.8 Å². The molecule has 0 radical (unpaired) electrons. The molecule has 0 spiro atoms. The molecule has 3 aromatic rings. The summed E-state index contributed by atoms with van der Waals surface area (Å²) in [6.07, 6.45) is 1.34. The molecule has 5 N–H and O–H groups in total. The lowest BCUT2D eigenvalue weighted by molar-refractivity contribution is -0.128. The topological polar surface area (TPSA) is 160 Å². The number of rotatable bonds is 9. The number of pyridine rings is 1. The molecule has 188 valence electrons. The van der Waals surface area contributed by atoms with Gasteiger partial charge in [0.05, 0.1) is 11.3 Å². The molecular formula is C24H24BrN5O5S. The molecule has 0 aliphatic carbocycles. The zero-order chi connectivity index (χ0) is 26.3. The molecule has 0 saturated carbocycles. The molecule has 2 aromatic carbocycles. The smallest absolute Gasteiger partial charge is 0.247 e. The first kappa shape index (κ1) is 27.0. The summed E-state index contributed by atoms with van der Waals surface area (Å²) in [6, 6.07) is 14.9. The van der Waals surface area contributed by atoms with Crippen LogP contribution in [0.3, 0.4) is 0 Å². The van der Waals surface area contributed by atoms with E-state index in [1.54, 1.807) is 61.5 Å². The minimum atomic E-state index is -3.93. The maximum Gasteiger partial charge on any atom is 0.247 e. The fraction of sp³-hybridized carbons (Fsp3) is 0.167. The van der Waals surface area contributed by atoms with E-state index in [-0.39, 0.29) is 23.6 Å². The molecular weight excluding hydrogens is 550 g/mol. The summed E-state index contributed by atoms with van der Waals surface area (Å²) in [4.78, 5) is 41.4. The monoisotopic (exact) mass is 573 g/mol. The van der Waals surface area contributed by atoms with Gasteiger partial charge in [0.1, 0.15) is 11.9 Å². The number of primary sulfonamides is 1. The van der Waals surface area contributed by atoms with E-state index in [0.29, 0.717) is 22.6 Å². The van der Waals surface area contributed by atoms with E-state index in [9.17, 15) is 22.8 Å². The molecule has 0 aliphatic heterocycles. The van der Waals surface area contributed by atoms with Crippen molar-refractivity contribution in [2.75, 3.05) is 10.6 Å². The minimum absolute atomic E-state index is 0.0181. The van der Waals surface area contributed by atoms with Crippen molar-refractivity contribution in [3.8, 4) is 11.1 Å². The predicted octanol–water partition coefficient (Wildman–Crippen LogP) is 3.02. The molecule has 36 heavy (non-hydrogen) atoms. The van der Waals surface area contributed by atoms with E-state index in [0.717, 1.165) is 4.47 Å². The number of carbonyl (C=O) groups is 3. The van der Waals surface area contributed by atoms with Crippen LogP contribution in [0.15, 0.2) is 76.2 Å². The van der Waals surface area contributed by atoms with Gasteiger partial charge in [-0.2, -0.15) is 0 Å². The van der Waals surface area contributed by atoms with E-state index in [1.807, 2.05) is 0 Å². The van der Waals surface area contributed by atoms with Gasteiger partial charge in [0.2, 0.25) is 27.7 Å². The largest absolute Gasteiger partial charge is 0.344 e. The number of nitrogens with two attached hydrogens (primary N) is 1. The van der Waals surface area contributed by atoms with Crippen molar-refractivity contribution in [1.82, 2.24) is 10.3 Å². The van der Waals surface area contributed by atoms with Crippen molar-refractivity contribution in [1.29, 1.82) is 0 Å². The Morgan fingerprint density at radius 3 is 2.28 bits per heavy atom. The number of halogens is 1. The summed E-state index contributed by atoms with van der Waals surface area (Å²) < 4.78 is 24.5. The number of carbonyl (C=O) groups excluding carboxylic acids is 3. The fourth-order valence-corrected chi connectivity index (χ4v) is 4.25. The third-order valence-corrected chi connectivity index (χ3v) is 6.45. The quantitative estimate of drug-likeness (QED) is 0.307. The van der Waals surface area contributed by atoms with Gasteiger partial charge in [-0.15, -0.1) is 0 Å². The van der Waals surface area contributed by atoms with Gasteiger partial charge in [0.15, 0.2) is 0 Å². The number of hydrogen-bond donors (Lipinski definition) is 4. The van der Waals surface area contributed by atoms with Crippen LogP contribution >= 0.6 is 15.9 Å². The third-order valence-electron chi connectivity index (χ3n) is 5.01. The van der Waals surface area contributed by atoms with Crippen molar-refractivity contribution >= 4 is 55.2 Å². The highest BCUT2D eigenvalue weighted by Crippen LogP contribution is 2.27. The molecule has 3 rings (SSSR count). The Kier molecular flexibility index (Phi) is 8.91. The van der Waals surface area contributed by atoms with Crippen molar-refractivity contribution in [2.24, 2.45) is 5.14 Å². The first-order chi connectivity index (χ1) is 17.1. The minimum Gasteiger partial charge on any atom is -0.344 e. The Labute approximate surface area is 216 Å². The lowest BCUT2D eigenvalue weighted by atomic mass is 10.1. The first-order valence-electron chi connectivity index (χ1n) is 10.8. The summed E-state index contributed by atoms with van der Waals surface area (Å²) in [7, 11) is -3.93. The van der Waals surface area contributed by atoms with Gasteiger partial charge in [-0.25, -0.2) is 18.5 Å². The molecule has 0 bridgehead atoms. The summed E-state index contributed by atoms with van der Waals surface area (Å²) in [5, 5.41) is 13.1. The van der Waals surface area contributed by atoms with Crippen LogP contribution in [0.2, 0.25) is 0 Å². The van der Waals surface area contributed by atoms with Gasteiger partial charge >= 0.3 is 0 Å². The SMILES string of the molecule is CCC(=O)NC(CC(=O)Nc1ccc(Br)cn1)C(=O)Nc1ccc(-c2ccccc2S(N)(=O)=O)cc1. The van der Waals surface area contributed by atoms with Crippen LogP contribution in [-0.4, -0.2) is 37.2 Å². The summed E-state index contributed by atoms with van der Waals surface area (Å²) in [5.41, 5.74) is 1.39. The second-order valence-electron chi connectivity index (χ2n) is 7.70. The summed E-state index contributed by atoms with van der Waals surface area (Å²) in [5.74, 6) is -1.18. The molecule has 3 amide bonds. The van der Waals surface area contributed by atoms with Crippen molar-refractivity contribution in [3.63, 3.8) is 0 Å². The molecule has 0 saturated heterocycles. The predicted molar refractivity (Wildman–Crippen MR) is 139 cm³/mol. The Morgan fingerprint density at radius 2 is 1.67 bits per heavy atom. The normalized spacial score (nSPS) is 11.9. The average molecular weight is 574 g/mol. The molecule has 0 aliphatic rings. The first-order valence-corrected chi connectivity index (χ1v) is 13.1. The van der Waals surface area contributed by atoms with Crippen LogP contribution in [0.25, 0.3) is 11.1 Å². The number of aromatic nitrogens is 1. The molecule has 1 aromatic heterocycles. The Balaban J connectivity index is 1.73. The van der Waals surface area contributed by atoms with Gasteiger partial charge in [0.25, 0.3) is 0 Å². The zero-order valence-electron chi connectivity index (χ0n) is 19.2. The Hall–Kier alpha value is -3.61. The van der Waals surface area contributed by atoms with Crippen molar-refractivity contribution in [3.05, 3.63) is 71.3 Å². The highest BCUT2D eigenvalue weighted by Gasteiger charge is 2.24. The number of hydrogen-bond acceptors (Lipinski definition) is 6. The van der Waals surface area contributed by atoms with Crippen molar-refractivity contribution in [2.45, 2.75) is 30.7 Å². The van der Waals surface area contributed by atoms with E-state index >= 15 is 0 Å². The van der Waals surface area contributed by atoms with Crippen molar-refractivity contribution < 1.29 is 22.8 Å². The standard InChI is InChI=1S/C24H24BrN5O5S/c1-2-22(31)29-19(13-23(32)30-21-12-9-16(25)14-27-21)24(33)28-17-10-7-15(8-11-17)18-5-3-4-6-20(18)36(26,34)35/h3-12,14,19H,2,13H2,1H3,(H,28,33)(H,29,31)(H2,26,34,35)(H,27,30,32). The molecule has 10 nitrogen and oxygen atoms in total. The second-order valence-corrected chi connectivity index (χ2v) is 10.1. The molecule has 1 heterocycles. The van der Waals surface area contributed by atoms with E-state index in [4.69, 9.17) is 5.14 Å². The van der Waals surface area contributed by atoms with E-state index in [2.05, 4.69) is 36.9 Å².